The Bertz CT molecular complexity index is 1300. The van der Waals surface area contributed by atoms with Crippen LogP contribution in [0.4, 0.5) is 0 Å². The number of ether oxygens (including phenoxy) is 1. The molecule has 3 aromatic rings. The van der Waals surface area contributed by atoms with Gasteiger partial charge in [0.05, 0.1) is 4.90 Å². The van der Waals surface area contributed by atoms with Crippen LogP contribution in [-0.2, 0) is 19.6 Å². The van der Waals surface area contributed by atoms with Crippen LogP contribution in [0.15, 0.2) is 65.6 Å². The molecule has 0 aliphatic carbocycles. The Kier molecular flexibility index (Phi) is 6.35. The molecular weight excluding hydrogens is 444 g/mol. The molecule has 1 N–H and O–H groups in total. The van der Waals surface area contributed by atoms with Gasteiger partial charge in [0.25, 0.3) is 5.91 Å². The summed E-state index contributed by atoms with van der Waals surface area (Å²) in [5.41, 5.74) is 0.950. The van der Waals surface area contributed by atoms with Gasteiger partial charge in [-0.05, 0) is 42.0 Å². The highest BCUT2D eigenvalue weighted by Gasteiger charge is 2.30. The van der Waals surface area contributed by atoms with E-state index in [0.29, 0.717) is 0 Å². The molecule has 4 rings (SSSR count). The third-order valence-electron chi connectivity index (χ3n) is 5.66. The average molecular weight is 469 g/mol. The number of nitrogens with zero attached hydrogens (tertiary/aromatic N) is 2. The van der Waals surface area contributed by atoms with Crippen molar-refractivity contribution in [3.05, 3.63) is 71.8 Å². The summed E-state index contributed by atoms with van der Waals surface area (Å²) in [6, 6.07) is 16.9. The largest absolute Gasteiger partial charge is 0.507 e. The Hall–Kier alpha value is -3.43. The van der Waals surface area contributed by atoms with E-state index >= 15 is 0 Å². The summed E-state index contributed by atoms with van der Waals surface area (Å²) in [4.78, 5) is 26.6. The highest BCUT2D eigenvalue weighted by Crippen LogP contribution is 2.25. The Morgan fingerprint density at radius 1 is 0.939 bits per heavy atom. The van der Waals surface area contributed by atoms with Gasteiger partial charge in [0.1, 0.15) is 11.3 Å². The summed E-state index contributed by atoms with van der Waals surface area (Å²) in [6.45, 7) is 2.10. The standard InChI is InChI=1S/C24H24N2O6S/c1-17-6-8-20(9-7-17)33(30,31)26-12-10-25(11-13-26)23(28)16-32-24(29)21-14-18-4-2-3-5-19(18)15-22(21)27/h2-9,14-15,27H,10-13,16H2,1H3. The van der Waals surface area contributed by atoms with E-state index in [-0.39, 0.29) is 42.4 Å². The molecule has 0 aromatic heterocycles. The number of fused-ring (bicyclic) bond motifs is 1. The monoisotopic (exact) mass is 468 g/mol. The summed E-state index contributed by atoms with van der Waals surface area (Å²) in [5.74, 6) is -1.44. The third kappa shape index (κ3) is 4.84. The normalized spacial score (nSPS) is 14.9. The minimum absolute atomic E-state index is 0.0180. The van der Waals surface area contributed by atoms with Crippen LogP contribution >= 0.6 is 0 Å². The van der Waals surface area contributed by atoms with Crippen molar-refractivity contribution >= 4 is 32.7 Å². The first-order valence-corrected chi connectivity index (χ1v) is 11.9. The van der Waals surface area contributed by atoms with E-state index in [0.717, 1.165) is 16.3 Å². The minimum Gasteiger partial charge on any atom is -0.507 e. The number of phenols is 1. The summed E-state index contributed by atoms with van der Waals surface area (Å²) in [5, 5.41) is 11.7. The molecule has 3 aromatic carbocycles. The zero-order chi connectivity index (χ0) is 23.6. The molecule has 0 spiro atoms. The first kappa shape index (κ1) is 22.8. The van der Waals surface area contributed by atoms with Crippen LogP contribution in [-0.4, -0.2) is 67.4 Å². The maximum absolute atomic E-state index is 12.8. The summed E-state index contributed by atoms with van der Waals surface area (Å²) < 4.78 is 32.1. The van der Waals surface area contributed by atoms with Crippen LogP contribution in [0, 0.1) is 6.92 Å². The van der Waals surface area contributed by atoms with Crippen molar-refractivity contribution in [2.45, 2.75) is 11.8 Å². The van der Waals surface area contributed by atoms with E-state index < -0.39 is 28.5 Å². The van der Waals surface area contributed by atoms with Crippen LogP contribution in [0.1, 0.15) is 15.9 Å². The predicted octanol–water partition coefficient (Wildman–Crippen LogP) is 2.54. The SMILES string of the molecule is Cc1ccc(S(=O)(=O)N2CCN(C(=O)COC(=O)c3cc4ccccc4cc3O)CC2)cc1. The van der Waals surface area contributed by atoms with Crippen LogP contribution in [0.25, 0.3) is 10.8 Å². The molecule has 8 nitrogen and oxygen atoms in total. The Balaban J connectivity index is 1.33. The number of carbonyl (C=O) groups excluding carboxylic acids is 2. The number of sulfonamides is 1. The highest BCUT2D eigenvalue weighted by atomic mass is 32.2. The van der Waals surface area contributed by atoms with Crippen LogP contribution < -0.4 is 0 Å². The van der Waals surface area contributed by atoms with Gasteiger partial charge in [-0.15, -0.1) is 0 Å². The fourth-order valence-electron chi connectivity index (χ4n) is 3.73. The summed E-state index contributed by atoms with van der Waals surface area (Å²) >= 11 is 0. The highest BCUT2D eigenvalue weighted by molar-refractivity contribution is 7.89. The Morgan fingerprint density at radius 3 is 2.18 bits per heavy atom. The van der Waals surface area contributed by atoms with Gasteiger partial charge in [-0.2, -0.15) is 4.31 Å². The summed E-state index contributed by atoms with van der Waals surface area (Å²) in [6.07, 6.45) is 0. The molecule has 1 heterocycles. The number of amides is 1. The number of phenolic OH excluding ortho intramolecular Hbond substituents is 1. The van der Waals surface area contributed by atoms with E-state index in [2.05, 4.69) is 0 Å². The number of esters is 1. The zero-order valence-electron chi connectivity index (χ0n) is 18.1. The molecule has 1 aliphatic rings. The van der Waals surface area contributed by atoms with Crippen molar-refractivity contribution in [3.8, 4) is 5.75 Å². The number of piperazine rings is 1. The number of rotatable bonds is 5. The molecule has 0 unspecified atom stereocenters. The molecule has 1 aliphatic heterocycles. The van der Waals surface area contributed by atoms with Gasteiger partial charge in [0.2, 0.25) is 10.0 Å². The molecule has 0 bridgehead atoms. The van der Waals surface area contributed by atoms with Gasteiger partial charge in [-0.25, -0.2) is 13.2 Å². The molecule has 0 radical (unpaired) electrons. The third-order valence-corrected chi connectivity index (χ3v) is 7.57. The number of aromatic hydroxyl groups is 1. The quantitative estimate of drug-likeness (QED) is 0.577. The molecule has 172 valence electrons. The fourth-order valence-corrected chi connectivity index (χ4v) is 5.15. The van der Waals surface area contributed by atoms with E-state index in [9.17, 15) is 23.1 Å². The lowest BCUT2D eigenvalue weighted by Crippen LogP contribution is -2.51. The Morgan fingerprint density at radius 2 is 1.55 bits per heavy atom. The Labute approximate surface area is 192 Å². The van der Waals surface area contributed by atoms with Gasteiger partial charge < -0.3 is 14.7 Å². The second-order valence-electron chi connectivity index (χ2n) is 7.89. The van der Waals surface area contributed by atoms with Crippen LogP contribution in [0.3, 0.4) is 0 Å². The number of benzene rings is 3. The zero-order valence-corrected chi connectivity index (χ0v) is 18.9. The van der Waals surface area contributed by atoms with Crippen molar-refractivity contribution in [3.63, 3.8) is 0 Å². The minimum atomic E-state index is -3.63. The fraction of sp³-hybridized carbons (Fsp3) is 0.250. The lowest BCUT2D eigenvalue weighted by Gasteiger charge is -2.33. The number of aryl methyl sites for hydroxylation is 1. The maximum Gasteiger partial charge on any atom is 0.342 e. The van der Waals surface area contributed by atoms with E-state index in [4.69, 9.17) is 4.74 Å². The van der Waals surface area contributed by atoms with Crippen molar-refractivity contribution < 1.29 is 27.9 Å². The molecule has 1 fully saturated rings. The van der Waals surface area contributed by atoms with Gasteiger partial charge in [-0.1, -0.05) is 42.0 Å². The lowest BCUT2D eigenvalue weighted by atomic mass is 10.1. The van der Waals surface area contributed by atoms with Crippen molar-refractivity contribution in [2.75, 3.05) is 32.8 Å². The second kappa shape index (κ2) is 9.21. The van der Waals surface area contributed by atoms with E-state index in [1.807, 2.05) is 25.1 Å². The molecule has 0 saturated carbocycles. The predicted molar refractivity (Wildman–Crippen MR) is 122 cm³/mol. The molecule has 9 heteroatoms. The molecule has 1 amide bonds. The number of hydrogen-bond donors (Lipinski definition) is 1. The number of hydrogen-bond acceptors (Lipinski definition) is 6. The lowest BCUT2D eigenvalue weighted by molar-refractivity contribution is -0.135. The molecule has 1 saturated heterocycles. The average Bonchev–Trinajstić information content (AvgIpc) is 2.82. The van der Waals surface area contributed by atoms with E-state index in [1.54, 1.807) is 30.3 Å². The molecular formula is C24H24N2O6S. The van der Waals surface area contributed by atoms with Crippen LogP contribution in [0.2, 0.25) is 0 Å². The first-order chi connectivity index (χ1) is 15.8. The van der Waals surface area contributed by atoms with E-state index in [1.165, 1.54) is 21.3 Å². The van der Waals surface area contributed by atoms with Gasteiger partial charge in [0.15, 0.2) is 6.61 Å². The van der Waals surface area contributed by atoms with Crippen molar-refractivity contribution in [1.29, 1.82) is 0 Å². The second-order valence-corrected chi connectivity index (χ2v) is 9.83. The van der Waals surface area contributed by atoms with Gasteiger partial charge in [0, 0.05) is 26.2 Å². The topological polar surface area (TPSA) is 104 Å². The molecule has 0 atom stereocenters. The first-order valence-electron chi connectivity index (χ1n) is 10.5. The van der Waals surface area contributed by atoms with Gasteiger partial charge >= 0.3 is 5.97 Å². The smallest absolute Gasteiger partial charge is 0.342 e. The number of carbonyl (C=O) groups is 2. The van der Waals surface area contributed by atoms with Crippen molar-refractivity contribution in [2.24, 2.45) is 0 Å². The molecule has 33 heavy (non-hydrogen) atoms. The van der Waals surface area contributed by atoms with Gasteiger partial charge in [-0.3, -0.25) is 4.79 Å². The maximum atomic E-state index is 12.8. The van der Waals surface area contributed by atoms with Crippen molar-refractivity contribution in [1.82, 2.24) is 9.21 Å². The summed E-state index contributed by atoms with van der Waals surface area (Å²) in [7, 11) is -3.63. The van der Waals surface area contributed by atoms with Crippen LogP contribution in [0.5, 0.6) is 5.75 Å².